The summed E-state index contributed by atoms with van der Waals surface area (Å²) in [5, 5.41) is 8.65. The number of carbonyl (C=O) groups is 1. The molecule has 0 spiro atoms. The Labute approximate surface area is 99.1 Å². The summed E-state index contributed by atoms with van der Waals surface area (Å²) in [4.78, 5) is 15.0. The van der Waals surface area contributed by atoms with Crippen LogP contribution < -0.4 is 0 Å². The highest BCUT2D eigenvalue weighted by molar-refractivity contribution is 7.99. The van der Waals surface area contributed by atoms with Crippen molar-refractivity contribution in [2.45, 2.75) is 43.2 Å². The Hall–Kier alpha value is -0.970. The van der Waals surface area contributed by atoms with Gasteiger partial charge in [0.05, 0.1) is 6.33 Å². The number of hydrogen-bond donors (Lipinski definition) is 1. The molecule has 1 saturated carbocycles. The van der Waals surface area contributed by atoms with E-state index in [-0.39, 0.29) is 5.25 Å². The summed E-state index contributed by atoms with van der Waals surface area (Å²) >= 11 is 1.49. The Morgan fingerprint density at radius 3 is 3.06 bits per heavy atom. The molecule has 0 aromatic carbocycles. The maximum Gasteiger partial charge on any atom is 0.316 e. The van der Waals surface area contributed by atoms with Crippen molar-refractivity contribution >= 4 is 17.7 Å². The van der Waals surface area contributed by atoms with Crippen LogP contribution in [0.3, 0.4) is 0 Å². The fourth-order valence-corrected chi connectivity index (χ4v) is 2.65. The van der Waals surface area contributed by atoms with Gasteiger partial charge in [0.15, 0.2) is 0 Å². The van der Waals surface area contributed by atoms with Crippen molar-refractivity contribution in [1.82, 2.24) is 9.55 Å². The summed E-state index contributed by atoms with van der Waals surface area (Å²) in [7, 11) is 0. The first kappa shape index (κ1) is 11.5. The number of hydrogen-bond acceptors (Lipinski definition) is 3. The van der Waals surface area contributed by atoms with Gasteiger partial charge in [-0.1, -0.05) is 6.92 Å². The zero-order valence-corrected chi connectivity index (χ0v) is 10.1. The lowest BCUT2D eigenvalue weighted by molar-refractivity contribution is -0.136. The molecule has 1 unspecified atom stereocenters. The van der Waals surface area contributed by atoms with E-state index in [9.17, 15) is 4.79 Å². The lowest BCUT2D eigenvalue weighted by Crippen LogP contribution is -2.15. The highest BCUT2D eigenvalue weighted by atomic mass is 32.2. The molecule has 0 amide bonds. The first-order valence-corrected chi connectivity index (χ1v) is 6.62. The number of carboxylic acids is 1. The van der Waals surface area contributed by atoms with Crippen LogP contribution in [-0.4, -0.2) is 25.9 Å². The molecular weight excluding hydrogens is 224 g/mol. The second-order valence-corrected chi connectivity index (χ2v) is 5.26. The van der Waals surface area contributed by atoms with Crippen molar-refractivity contribution in [3.05, 3.63) is 18.2 Å². The van der Waals surface area contributed by atoms with Crippen LogP contribution in [0.25, 0.3) is 0 Å². The molecule has 2 rings (SSSR count). The van der Waals surface area contributed by atoms with Crippen LogP contribution in [0.2, 0.25) is 0 Å². The number of aliphatic carboxylic acids is 1. The predicted octanol–water partition coefficient (Wildman–Crippen LogP) is 2.31. The van der Waals surface area contributed by atoms with Crippen molar-refractivity contribution in [2.75, 3.05) is 0 Å². The molecule has 1 aromatic rings. The SMILES string of the molecule is CCC(SCc1cncn1C1CC1)C(=O)O. The van der Waals surface area contributed by atoms with Gasteiger partial charge < -0.3 is 9.67 Å². The average Bonchev–Trinajstić information content (AvgIpc) is 2.99. The third-order valence-corrected chi connectivity index (χ3v) is 4.16. The van der Waals surface area contributed by atoms with Gasteiger partial charge in [-0.05, 0) is 19.3 Å². The Morgan fingerprint density at radius 2 is 2.50 bits per heavy atom. The third-order valence-electron chi connectivity index (χ3n) is 2.77. The minimum absolute atomic E-state index is 0.303. The Balaban J connectivity index is 1.93. The van der Waals surface area contributed by atoms with Crippen molar-refractivity contribution in [3.8, 4) is 0 Å². The molecule has 0 aliphatic heterocycles. The highest BCUT2D eigenvalue weighted by Crippen LogP contribution is 2.36. The Morgan fingerprint density at radius 1 is 1.75 bits per heavy atom. The second-order valence-electron chi connectivity index (χ2n) is 4.07. The molecule has 1 aromatic heterocycles. The van der Waals surface area contributed by atoms with Crippen molar-refractivity contribution in [3.63, 3.8) is 0 Å². The topological polar surface area (TPSA) is 55.1 Å². The minimum atomic E-state index is -0.718. The zero-order valence-electron chi connectivity index (χ0n) is 9.30. The van der Waals surface area contributed by atoms with E-state index in [1.54, 1.807) is 0 Å². The minimum Gasteiger partial charge on any atom is -0.480 e. The summed E-state index contributed by atoms with van der Waals surface area (Å²) in [5.74, 6) is 0.0198. The fourth-order valence-electron chi connectivity index (χ4n) is 1.68. The molecule has 88 valence electrons. The van der Waals surface area contributed by atoms with E-state index in [1.807, 2.05) is 19.4 Å². The van der Waals surface area contributed by atoms with Gasteiger partial charge in [0.1, 0.15) is 5.25 Å². The van der Waals surface area contributed by atoms with Gasteiger partial charge in [-0.2, -0.15) is 0 Å². The predicted molar refractivity (Wildman–Crippen MR) is 63.5 cm³/mol. The summed E-state index contributed by atoms with van der Waals surface area (Å²) in [6.07, 6.45) is 6.82. The number of rotatable bonds is 6. The number of aromatic nitrogens is 2. The van der Waals surface area contributed by atoms with Gasteiger partial charge in [-0.15, -0.1) is 11.8 Å². The Bertz CT molecular complexity index is 374. The lowest BCUT2D eigenvalue weighted by Gasteiger charge is -2.10. The molecule has 5 heteroatoms. The number of thioether (sulfide) groups is 1. The molecule has 1 aliphatic rings. The number of imidazole rings is 1. The number of carboxylic acid groups (broad SMARTS) is 1. The maximum absolute atomic E-state index is 10.9. The lowest BCUT2D eigenvalue weighted by atomic mass is 10.3. The van der Waals surface area contributed by atoms with E-state index in [2.05, 4.69) is 9.55 Å². The molecule has 0 radical (unpaired) electrons. The third kappa shape index (κ3) is 2.58. The summed E-state index contributed by atoms with van der Waals surface area (Å²) in [5.41, 5.74) is 1.15. The molecular formula is C11H16N2O2S. The first-order chi connectivity index (χ1) is 7.72. The van der Waals surface area contributed by atoms with Crippen molar-refractivity contribution in [1.29, 1.82) is 0 Å². The molecule has 4 nitrogen and oxygen atoms in total. The van der Waals surface area contributed by atoms with Crippen LogP contribution in [0.15, 0.2) is 12.5 Å². The van der Waals surface area contributed by atoms with Gasteiger partial charge in [0.25, 0.3) is 0 Å². The van der Waals surface area contributed by atoms with Gasteiger partial charge in [0.2, 0.25) is 0 Å². The molecule has 0 saturated heterocycles. The van der Waals surface area contributed by atoms with Crippen LogP contribution in [0, 0.1) is 0 Å². The molecule has 1 atom stereocenters. The van der Waals surface area contributed by atoms with Crippen LogP contribution in [0.1, 0.15) is 37.9 Å². The molecule has 1 N–H and O–H groups in total. The van der Waals surface area contributed by atoms with Crippen LogP contribution in [-0.2, 0) is 10.5 Å². The summed E-state index contributed by atoms with van der Waals surface area (Å²) < 4.78 is 2.18. The average molecular weight is 240 g/mol. The molecule has 1 aliphatic carbocycles. The molecule has 0 bridgehead atoms. The Kier molecular flexibility index (Phi) is 3.53. The van der Waals surface area contributed by atoms with E-state index in [1.165, 1.54) is 24.6 Å². The van der Waals surface area contributed by atoms with Gasteiger partial charge in [-0.25, -0.2) is 4.98 Å². The van der Waals surface area contributed by atoms with Crippen molar-refractivity contribution < 1.29 is 9.90 Å². The summed E-state index contributed by atoms with van der Waals surface area (Å²) in [6, 6.07) is 0.614. The highest BCUT2D eigenvalue weighted by Gasteiger charge is 2.25. The molecule has 1 fully saturated rings. The van der Waals surface area contributed by atoms with E-state index in [0.717, 1.165) is 11.4 Å². The van der Waals surface area contributed by atoms with Crippen LogP contribution in [0.5, 0.6) is 0 Å². The molecule has 16 heavy (non-hydrogen) atoms. The van der Waals surface area contributed by atoms with Crippen LogP contribution >= 0.6 is 11.8 Å². The van der Waals surface area contributed by atoms with Crippen LogP contribution in [0.4, 0.5) is 0 Å². The summed E-state index contributed by atoms with van der Waals surface area (Å²) in [6.45, 7) is 1.91. The standard InChI is InChI=1S/C11H16N2O2S/c1-2-10(11(14)15)16-6-9-5-12-7-13(9)8-3-4-8/h5,7-8,10H,2-4,6H2,1H3,(H,14,15). The smallest absolute Gasteiger partial charge is 0.316 e. The van der Waals surface area contributed by atoms with E-state index in [0.29, 0.717) is 12.5 Å². The second kappa shape index (κ2) is 4.91. The van der Waals surface area contributed by atoms with Gasteiger partial charge >= 0.3 is 5.97 Å². The van der Waals surface area contributed by atoms with Gasteiger partial charge in [0, 0.05) is 23.7 Å². The maximum atomic E-state index is 10.9. The van der Waals surface area contributed by atoms with E-state index < -0.39 is 5.97 Å². The van der Waals surface area contributed by atoms with E-state index in [4.69, 9.17) is 5.11 Å². The molecule has 1 heterocycles. The van der Waals surface area contributed by atoms with Crippen molar-refractivity contribution in [2.24, 2.45) is 0 Å². The van der Waals surface area contributed by atoms with Gasteiger partial charge in [-0.3, -0.25) is 4.79 Å². The fraction of sp³-hybridized carbons (Fsp3) is 0.636. The first-order valence-electron chi connectivity index (χ1n) is 5.57. The number of nitrogens with zero attached hydrogens (tertiary/aromatic N) is 2. The normalized spacial score (nSPS) is 17.3. The quantitative estimate of drug-likeness (QED) is 0.829. The largest absolute Gasteiger partial charge is 0.480 e. The monoisotopic (exact) mass is 240 g/mol. The van der Waals surface area contributed by atoms with E-state index >= 15 is 0 Å². The zero-order chi connectivity index (χ0) is 11.5.